The lowest BCUT2D eigenvalue weighted by molar-refractivity contribution is -0.147. The third-order valence-electron chi connectivity index (χ3n) is 2.86. The Balaban J connectivity index is 2.40. The lowest BCUT2D eigenvalue weighted by Gasteiger charge is -2.24. The van der Waals surface area contributed by atoms with Crippen LogP contribution in [0, 0.1) is 6.92 Å². The molecule has 0 aliphatic carbocycles. The molecule has 0 spiro atoms. The van der Waals surface area contributed by atoms with Crippen LogP contribution in [0.1, 0.15) is 30.9 Å². The highest BCUT2D eigenvalue weighted by Crippen LogP contribution is 2.37. The van der Waals surface area contributed by atoms with E-state index in [0.29, 0.717) is 6.42 Å². The van der Waals surface area contributed by atoms with Gasteiger partial charge in [0.1, 0.15) is 5.60 Å². The molecule has 2 heteroatoms. The maximum atomic E-state index is 11.1. The average molecular weight is 190 g/mol. The predicted octanol–water partition coefficient (Wildman–Crippen LogP) is 2.55. The van der Waals surface area contributed by atoms with Gasteiger partial charge in [-0.2, -0.15) is 0 Å². The van der Waals surface area contributed by atoms with Gasteiger partial charge in [-0.1, -0.05) is 24.3 Å². The summed E-state index contributed by atoms with van der Waals surface area (Å²) in [6, 6.07) is 8.07. The van der Waals surface area contributed by atoms with Gasteiger partial charge >= 0.3 is 5.97 Å². The molecule has 14 heavy (non-hydrogen) atoms. The zero-order valence-corrected chi connectivity index (χ0v) is 8.54. The Hall–Kier alpha value is -1.31. The molecule has 0 bridgehead atoms. The molecule has 74 valence electrons. The minimum atomic E-state index is -0.400. The summed E-state index contributed by atoms with van der Waals surface area (Å²) in [5.41, 5.74) is 1.91. The van der Waals surface area contributed by atoms with E-state index in [9.17, 15) is 4.79 Å². The highest BCUT2D eigenvalue weighted by atomic mass is 16.6. The van der Waals surface area contributed by atoms with Crippen molar-refractivity contribution >= 4 is 5.97 Å². The van der Waals surface area contributed by atoms with Gasteiger partial charge in [0.15, 0.2) is 0 Å². The van der Waals surface area contributed by atoms with E-state index in [1.807, 2.05) is 38.1 Å². The highest BCUT2D eigenvalue weighted by molar-refractivity contribution is 5.72. The van der Waals surface area contributed by atoms with Gasteiger partial charge in [-0.05, 0) is 25.0 Å². The van der Waals surface area contributed by atoms with Crippen LogP contribution in [0.15, 0.2) is 24.3 Å². The summed E-state index contributed by atoms with van der Waals surface area (Å²) in [7, 11) is 0. The predicted molar refractivity (Wildman–Crippen MR) is 53.9 cm³/mol. The first-order valence-electron chi connectivity index (χ1n) is 4.90. The standard InChI is InChI=1S/C12H14O2/c1-9-5-3-4-6-10(9)12(2)8-7-11(13)14-12/h3-6H,7-8H2,1-2H3. The van der Waals surface area contributed by atoms with E-state index in [1.165, 1.54) is 5.56 Å². The van der Waals surface area contributed by atoms with Crippen LogP contribution in [0.25, 0.3) is 0 Å². The fourth-order valence-corrected chi connectivity index (χ4v) is 2.05. The van der Waals surface area contributed by atoms with Crippen molar-refractivity contribution in [2.24, 2.45) is 0 Å². The largest absolute Gasteiger partial charge is 0.454 e. The molecule has 0 radical (unpaired) electrons. The molecular weight excluding hydrogens is 176 g/mol. The van der Waals surface area contributed by atoms with Gasteiger partial charge in [0.25, 0.3) is 0 Å². The molecule has 1 aromatic carbocycles. The van der Waals surface area contributed by atoms with Crippen molar-refractivity contribution in [3.63, 3.8) is 0 Å². The number of hydrogen-bond donors (Lipinski definition) is 0. The molecule has 2 rings (SSSR count). The first-order chi connectivity index (χ1) is 6.62. The van der Waals surface area contributed by atoms with Crippen molar-refractivity contribution in [2.75, 3.05) is 0 Å². The number of rotatable bonds is 1. The third-order valence-corrected chi connectivity index (χ3v) is 2.86. The van der Waals surface area contributed by atoms with Crippen molar-refractivity contribution < 1.29 is 9.53 Å². The molecule has 2 nitrogen and oxygen atoms in total. The molecule has 0 aromatic heterocycles. The molecule has 0 N–H and O–H groups in total. The lowest BCUT2D eigenvalue weighted by Crippen LogP contribution is -2.21. The average Bonchev–Trinajstić information content (AvgIpc) is 2.48. The van der Waals surface area contributed by atoms with Gasteiger partial charge in [0.2, 0.25) is 0 Å². The van der Waals surface area contributed by atoms with E-state index in [2.05, 4.69) is 0 Å². The van der Waals surface area contributed by atoms with Gasteiger partial charge in [0, 0.05) is 12.8 Å². The van der Waals surface area contributed by atoms with E-state index < -0.39 is 5.60 Å². The molecule has 1 atom stereocenters. The summed E-state index contributed by atoms with van der Waals surface area (Å²) in [6.45, 7) is 4.03. The zero-order valence-electron chi connectivity index (χ0n) is 8.54. The van der Waals surface area contributed by atoms with Gasteiger partial charge in [0.05, 0.1) is 0 Å². The number of esters is 1. The Labute approximate surface area is 83.9 Å². The van der Waals surface area contributed by atoms with Gasteiger partial charge in [-0.15, -0.1) is 0 Å². The smallest absolute Gasteiger partial charge is 0.306 e. The second-order valence-corrected chi connectivity index (χ2v) is 4.02. The van der Waals surface area contributed by atoms with Gasteiger partial charge in [-0.25, -0.2) is 0 Å². The van der Waals surface area contributed by atoms with Crippen molar-refractivity contribution in [1.82, 2.24) is 0 Å². The van der Waals surface area contributed by atoms with Crippen LogP contribution in [0.3, 0.4) is 0 Å². The minimum absolute atomic E-state index is 0.0873. The van der Waals surface area contributed by atoms with Crippen LogP contribution < -0.4 is 0 Å². The first kappa shape index (κ1) is 9.25. The summed E-state index contributed by atoms with van der Waals surface area (Å²) < 4.78 is 5.38. The van der Waals surface area contributed by atoms with Crippen molar-refractivity contribution in [3.05, 3.63) is 35.4 Å². The van der Waals surface area contributed by atoms with Crippen LogP contribution in [0.4, 0.5) is 0 Å². The number of carbonyl (C=O) groups is 1. The normalized spacial score (nSPS) is 26.3. The molecule has 1 aromatic rings. The van der Waals surface area contributed by atoms with Crippen molar-refractivity contribution in [3.8, 4) is 0 Å². The van der Waals surface area contributed by atoms with Crippen LogP contribution in [0.2, 0.25) is 0 Å². The third kappa shape index (κ3) is 1.41. The summed E-state index contributed by atoms with van der Waals surface area (Å²) in [4.78, 5) is 11.1. The molecule has 1 fully saturated rings. The number of carbonyl (C=O) groups excluding carboxylic acids is 1. The zero-order chi connectivity index (χ0) is 10.2. The topological polar surface area (TPSA) is 26.3 Å². The van der Waals surface area contributed by atoms with E-state index >= 15 is 0 Å². The first-order valence-corrected chi connectivity index (χ1v) is 4.90. The molecular formula is C12H14O2. The molecule has 0 saturated carbocycles. The minimum Gasteiger partial charge on any atom is -0.454 e. The van der Waals surface area contributed by atoms with Crippen LogP contribution in [-0.4, -0.2) is 5.97 Å². The number of aryl methyl sites for hydroxylation is 1. The van der Waals surface area contributed by atoms with E-state index in [-0.39, 0.29) is 5.97 Å². The Bertz CT molecular complexity index is 370. The summed E-state index contributed by atoms with van der Waals surface area (Å²) >= 11 is 0. The second kappa shape index (κ2) is 3.12. The Morgan fingerprint density at radius 1 is 1.36 bits per heavy atom. The molecule has 1 heterocycles. The summed E-state index contributed by atoms with van der Waals surface area (Å²) in [5.74, 6) is -0.0873. The quantitative estimate of drug-likeness (QED) is 0.636. The van der Waals surface area contributed by atoms with Crippen LogP contribution in [-0.2, 0) is 15.1 Å². The Kier molecular flexibility index (Phi) is 2.06. The molecule has 0 amide bonds. The lowest BCUT2D eigenvalue weighted by atomic mass is 9.90. The molecule has 1 aliphatic rings. The summed E-state index contributed by atoms with van der Waals surface area (Å²) in [5, 5.41) is 0. The summed E-state index contributed by atoms with van der Waals surface area (Å²) in [6.07, 6.45) is 1.32. The van der Waals surface area contributed by atoms with Crippen molar-refractivity contribution in [2.45, 2.75) is 32.3 Å². The van der Waals surface area contributed by atoms with E-state index in [4.69, 9.17) is 4.74 Å². The van der Waals surface area contributed by atoms with Gasteiger partial charge in [-0.3, -0.25) is 4.79 Å². The molecule has 1 saturated heterocycles. The maximum absolute atomic E-state index is 11.1. The number of ether oxygens (including phenoxy) is 1. The molecule has 1 unspecified atom stereocenters. The fraction of sp³-hybridized carbons (Fsp3) is 0.417. The monoisotopic (exact) mass is 190 g/mol. The highest BCUT2D eigenvalue weighted by Gasteiger charge is 2.38. The van der Waals surface area contributed by atoms with E-state index in [0.717, 1.165) is 12.0 Å². The Morgan fingerprint density at radius 3 is 2.64 bits per heavy atom. The SMILES string of the molecule is Cc1ccccc1C1(C)CCC(=O)O1. The Morgan fingerprint density at radius 2 is 2.07 bits per heavy atom. The van der Waals surface area contributed by atoms with Crippen molar-refractivity contribution in [1.29, 1.82) is 0 Å². The van der Waals surface area contributed by atoms with Crippen LogP contribution in [0.5, 0.6) is 0 Å². The molecule has 1 aliphatic heterocycles. The second-order valence-electron chi connectivity index (χ2n) is 4.02. The number of hydrogen-bond acceptors (Lipinski definition) is 2. The fourth-order valence-electron chi connectivity index (χ4n) is 2.05. The number of benzene rings is 1. The number of cyclic esters (lactones) is 1. The van der Waals surface area contributed by atoms with E-state index in [1.54, 1.807) is 0 Å². The maximum Gasteiger partial charge on any atom is 0.306 e. The van der Waals surface area contributed by atoms with Crippen LogP contribution >= 0.6 is 0 Å². The van der Waals surface area contributed by atoms with Gasteiger partial charge < -0.3 is 4.74 Å².